The van der Waals surface area contributed by atoms with E-state index < -0.39 is 0 Å². The lowest BCUT2D eigenvalue weighted by atomic mass is 10.2. The van der Waals surface area contributed by atoms with E-state index in [1.54, 1.807) is 16.9 Å². The summed E-state index contributed by atoms with van der Waals surface area (Å²) in [6, 6.07) is 15.3. The second-order valence-corrected chi connectivity index (χ2v) is 8.29. The molecular weight excluding hydrogens is 422 g/mol. The Morgan fingerprint density at radius 3 is 2.42 bits per heavy atom. The molecule has 0 saturated carbocycles. The zero-order valence-corrected chi connectivity index (χ0v) is 19.0. The van der Waals surface area contributed by atoms with Crippen LogP contribution in [0, 0.1) is 0 Å². The van der Waals surface area contributed by atoms with Crippen molar-refractivity contribution >= 4 is 17.6 Å². The van der Waals surface area contributed by atoms with Gasteiger partial charge in [-0.3, -0.25) is 4.79 Å². The smallest absolute Gasteiger partial charge is 0.321 e. The molecule has 2 aliphatic rings. The van der Waals surface area contributed by atoms with Gasteiger partial charge in [-0.1, -0.05) is 24.3 Å². The molecule has 4 rings (SSSR count). The molecule has 176 valence electrons. The lowest BCUT2D eigenvalue weighted by Gasteiger charge is -2.35. The van der Waals surface area contributed by atoms with Crippen molar-refractivity contribution in [3.8, 4) is 5.75 Å². The second-order valence-electron chi connectivity index (χ2n) is 8.29. The van der Waals surface area contributed by atoms with Crippen LogP contribution in [0.2, 0.25) is 0 Å². The van der Waals surface area contributed by atoms with Crippen LogP contribution in [-0.2, 0) is 27.5 Å². The number of urea groups is 1. The first-order chi connectivity index (χ1) is 16.1. The molecule has 33 heavy (non-hydrogen) atoms. The van der Waals surface area contributed by atoms with Crippen LogP contribution in [0.4, 0.5) is 10.5 Å². The van der Waals surface area contributed by atoms with Crippen LogP contribution in [-0.4, -0.2) is 67.7 Å². The number of hydrogen-bond donors (Lipinski definition) is 1. The summed E-state index contributed by atoms with van der Waals surface area (Å²) in [4.78, 5) is 28.7. The highest BCUT2D eigenvalue weighted by molar-refractivity contribution is 5.89. The summed E-state index contributed by atoms with van der Waals surface area (Å²) >= 11 is 0. The quantitative estimate of drug-likeness (QED) is 0.696. The Morgan fingerprint density at radius 1 is 1.00 bits per heavy atom. The molecule has 2 heterocycles. The van der Waals surface area contributed by atoms with Crippen LogP contribution in [0.3, 0.4) is 0 Å². The monoisotopic (exact) mass is 453 g/mol. The van der Waals surface area contributed by atoms with Gasteiger partial charge in [-0.2, -0.15) is 0 Å². The normalized spacial score (nSPS) is 18.3. The molecule has 3 amide bonds. The van der Waals surface area contributed by atoms with E-state index in [-0.39, 0.29) is 18.0 Å². The topological polar surface area (TPSA) is 80.3 Å². The number of methoxy groups -OCH3 is 1. The molecule has 2 fully saturated rings. The fourth-order valence-electron chi connectivity index (χ4n) is 4.06. The summed E-state index contributed by atoms with van der Waals surface area (Å²) in [5.41, 5.74) is 2.77. The highest BCUT2D eigenvalue weighted by atomic mass is 16.5. The number of anilines is 1. The lowest BCUT2D eigenvalue weighted by molar-refractivity contribution is -0.142. The number of nitrogens with one attached hydrogen (secondary N) is 1. The molecule has 0 spiro atoms. The van der Waals surface area contributed by atoms with E-state index in [9.17, 15) is 9.59 Å². The molecule has 0 aromatic heterocycles. The van der Waals surface area contributed by atoms with Crippen molar-refractivity contribution in [2.24, 2.45) is 0 Å². The van der Waals surface area contributed by atoms with Gasteiger partial charge in [-0.05, 0) is 48.2 Å². The summed E-state index contributed by atoms with van der Waals surface area (Å²) in [7, 11) is 1.64. The maximum atomic E-state index is 12.7. The molecule has 0 bridgehead atoms. The highest BCUT2D eigenvalue weighted by Gasteiger charge is 2.31. The van der Waals surface area contributed by atoms with Crippen LogP contribution >= 0.6 is 0 Å². The molecule has 2 aliphatic heterocycles. The molecule has 2 aromatic carbocycles. The van der Waals surface area contributed by atoms with Gasteiger partial charge in [-0.25, -0.2) is 4.79 Å². The molecular formula is C25H31N3O5. The molecule has 1 N–H and O–H groups in total. The number of ether oxygens (including phenoxy) is 3. The largest absolute Gasteiger partial charge is 0.497 e. The van der Waals surface area contributed by atoms with Gasteiger partial charge < -0.3 is 29.3 Å². The summed E-state index contributed by atoms with van der Waals surface area (Å²) in [5, 5.41) is 2.96. The highest BCUT2D eigenvalue weighted by Crippen LogP contribution is 2.18. The molecule has 8 nitrogen and oxygen atoms in total. The lowest BCUT2D eigenvalue weighted by Crippen LogP contribution is -2.53. The number of nitrogens with zero attached hydrogens (tertiary/aromatic N) is 2. The Balaban J connectivity index is 1.22. The van der Waals surface area contributed by atoms with E-state index in [1.807, 2.05) is 48.5 Å². The van der Waals surface area contributed by atoms with Gasteiger partial charge in [-0.15, -0.1) is 0 Å². The number of carbonyl (C=O) groups excluding carboxylic acids is 2. The summed E-state index contributed by atoms with van der Waals surface area (Å²) in [5.74, 6) is 0.868. The van der Waals surface area contributed by atoms with E-state index >= 15 is 0 Å². The maximum Gasteiger partial charge on any atom is 0.321 e. The standard InChI is InChI=1S/C25H31N3O5/c1-31-22-9-7-19(8-10-22)17-32-18-20-4-2-5-21(16-20)26-25(30)28-13-11-27(12-14-28)24(29)23-6-3-15-33-23/h2,4-5,7-10,16,23H,3,6,11-15,17-18H2,1H3,(H,26,30). The third kappa shape index (κ3) is 6.24. The number of rotatable bonds is 7. The minimum Gasteiger partial charge on any atom is -0.497 e. The van der Waals surface area contributed by atoms with Gasteiger partial charge in [0.05, 0.1) is 20.3 Å². The zero-order valence-electron chi connectivity index (χ0n) is 19.0. The van der Waals surface area contributed by atoms with Crippen molar-refractivity contribution in [1.82, 2.24) is 9.80 Å². The van der Waals surface area contributed by atoms with E-state index in [0.29, 0.717) is 46.0 Å². The molecule has 2 saturated heterocycles. The minimum atomic E-state index is -0.306. The summed E-state index contributed by atoms with van der Waals surface area (Å²) in [6.45, 7) is 3.68. The molecule has 1 unspecified atom stereocenters. The summed E-state index contributed by atoms with van der Waals surface area (Å²) < 4.78 is 16.5. The fraction of sp³-hybridized carbons (Fsp3) is 0.440. The van der Waals surface area contributed by atoms with Crippen molar-refractivity contribution in [2.75, 3.05) is 45.2 Å². The number of hydrogen-bond acceptors (Lipinski definition) is 5. The van der Waals surface area contributed by atoms with Gasteiger partial charge >= 0.3 is 6.03 Å². The van der Waals surface area contributed by atoms with Crippen LogP contribution in [0.25, 0.3) is 0 Å². The maximum absolute atomic E-state index is 12.7. The van der Waals surface area contributed by atoms with Gasteiger partial charge in [0.2, 0.25) is 0 Å². The zero-order chi connectivity index (χ0) is 23.0. The van der Waals surface area contributed by atoms with E-state index in [4.69, 9.17) is 14.2 Å². The van der Waals surface area contributed by atoms with Crippen molar-refractivity contribution in [1.29, 1.82) is 0 Å². The predicted octanol–water partition coefficient (Wildman–Crippen LogP) is 3.27. The molecule has 2 aromatic rings. The number of benzene rings is 2. The van der Waals surface area contributed by atoms with Crippen molar-refractivity contribution in [3.05, 3.63) is 59.7 Å². The Labute approximate surface area is 194 Å². The van der Waals surface area contributed by atoms with Crippen molar-refractivity contribution in [2.45, 2.75) is 32.2 Å². The molecule has 0 aliphatic carbocycles. The third-order valence-corrected chi connectivity index (χ3v) is 5.96. The van der Waals surface area contributed by atoms with Gasteiger partial charge in [0.15, 0.2) is 0 Å². The van der Waals surface area contributed by atoms with E-state index in [0.717, 1.165) is 35.4 Å². The van der Waals surface area contributed by atoms with Crippen LogP contribution < -0.4 is 10.1 Å². The average molecular weight is 454 g/mol. The van der Waals surface area contributed by atoms with Crippen LogP contribution in [0.15, 0.2) is 48.5 Å². The first-order valence-corrected chi connectivity index (χ1v) is 11.4. The fourth-order valence-corrected chi connectivity index (χ4v) is 4.06. The molecule has 0 radical (unpaired) electrons. The Bertz CT molecular complexity index is 935. The minimum absolute atomic E-state index is 0.0508. The van der Waals surface area contributed by atoms with E-state index in [1.165, 1.54) is 0 Å². The Hall–Kier alpha value is -3.10. The van der Waals surface area contributed by atoms with E-state index in [2.05, 4.69) is 5.32 Å². The van der Waals surface area contributed by atoms with Gasteiger partial charge in [0.1, 0.15) is 11.9 Å². The predicted molar refractivity (Wildman–Crippen MR) is 124 cm³/mol. The SMILES string of the molecule is COc1ccc(COCc2cccc(NC(=O)N3CCN(C(=O)C4CCCO4)CC3)c2)cc1. The number of piperazine rings is 1. The molecule has 8 heteroatoms. The summed E-state index contributed by atoms with van der Waals surface area (Å²) in [6.07, 6.45) is 1.42. The molecule has 1 atom stereocenters. The van der Waals surface area contributed by atoms with Crippen molar-refractivity contribution in [3.63, 3.8) is 0 Å². The average Bonchev–Trinajstić information content (AvgIpc) is 3.39. The Kier molecular flexibility index (Phi) is 7.80. The first-order valence-electron chi connectivity index (χ1n) is 11.4. The van der Waals surface area contributed by atoms with Gasteiger partial charge in [0, 0.05) is 38.5 Å². The second kappa shape index (κ2) is 11.2. The van der Waals surface area contributed by atoms with Crippen LogP contribution in [0.1, 0.15) is 24.0 Å². The number of carbonyl (C=O) groups is 2. The van der Waals surface area contributed by atoms with Gasteiger partial charge in [0.25, 0.3) is 5.91 Å². The first kappa shape index (κ1) is 23.1. The third-order valence-electron chi connectivity index (χ3n) is 5.96. The van der Waals surface area contributed by atoms with Crippen LogP contribution in [0.5, 0.6) is 5.75 Å². The van der Waals surface area contributed by atoms with Crippen molar-refractivity contribution < 1.29 is 23.8 Å². The number of amides is 3. The Morgan fingerprint density at radius 2 is 1.73 bits per heavy atom.